The van der Waals surface area contributed by atoms with E-state index in [2.05, 4.69) is 26.0 Å². The highest BCUT2D eigenvalue weighted by molar-refractivity contribution is 7.14. The SMILES string of the molecule is O=C(c1cc2c(s1)CCCC2)N1CCCCC(c2ccnc3ncnn23)C1. The number of likely N-dealkylation sites (tertiary alicyclic amines) is 1. The first kappa shape index (κ1) is 16.9. The van der Waals surface area contributed by atoms with E-state index in [0.717, 1.165) is 55.8 Å². The van der Waals surface area contributed by atoms with Crippen LogP contribution in [0.4, 0.5) is 0 Å². The van der Waals surface area contributed by atoms with Gasteiger partial charge in [-0.3, -0.25) is 4.79 Å². The molecule has 3 aromatic rings. The molecule has 0 bridgehead atoms. The molecule has 6 nitrogen and oxygen atoms in total. The lowest BCUT2D eigenvalue weighted by Gasteiger charge is -2.24. The highest BCUT2D eigenvalue weighted by Crippen LogP contribution is 2.32. The number of nitrogens with zero attached hydrogens (tertiary/aromatic N) is 5. The van der Waals surface area contributed by atoms with Gasteiger partial charge in [-0.25, -0.2) is 9.50 Å². The number of hydrogen-bond acceptors (Lipinski definition) is 5. The van der Waals surface area contributed by atoms with Gasteiger partial charge >= 0.3 is 0 Å². The predicted octanol–water partition coefficient (Wildman–Crippen LogP) is 3.47. The van der Waals surface area contributed by atoms with Crippen LogP contribution in [0.5, 0.6) is 0 Å². The lowest BCUT2D eigenvalue weighted by molar-refractivity contribution is 0.0758. The molecule has 1 fully saturated rings. The summed E-state index contributed by atoms with van der Waals surface area (Å²) >= 11 is 1.72. The van der Waals surface area contributed by atoms with Gasteiger partial charge in [-0.15, -0.1) is 11.3 Å². The normalized spacial score (nSPS) is 20.4. The number of rotatable bonds is 2. The summed E-state index contributed by atoms with van der Waals surface area (Å²) in [6.45, 7) is 1.57. The second-order valence-electron chi connectivity index (χ2n) is 7.55. The zero-order chi connectivity index (χ0) is 18.2. The van der Waals surface area contributed by atoms with Gasteiger partial charge in [0, 0.05) is 30.1 Å². The molecule has 1 aliphatic heterocycles. The third-order valence-corrected chi connectivity index (χ3v) is 7.02. The third kappa shape index (κ3) is 3.14. The van der Waals surface area contributed by atoms with Crippen molar-refractivity contribution in [3.05, 3.63) is 45.7 Å². The Morgan fingerprint density at radius 3 is 3.00 bits per heavy atom. The smallest absolute Gasteiger partial charge is 0.263 e. The van der Waals surface area contributed by atoms with E-state index in [1.54, 1.807) is 23.9 Å². The van der Waals surface area contributed by atoms with Gasteiger partial charge in [-0.1, -0.05) is 6.42 Å². The van der Waals surface area contributed by atoms with Crippen LogP contribution in [0.15, 0.2) is 24.7 Å². The zero-order valence-electron chi connectivity index (χ0n) is 15.3. The van der Waals surface area contributed by atoms with Crippen LogP contribution in [0.25, 0.3) is 5.78 Å². The number of carbonyl (C=O) groups is 1. The standard InChI is InChI=1S/C20H23N5OS/c26-19(18-11-14-5-1-2-7-17(14)27-18)24-10-4-3-6-15(12-24)16-8-9-21-20-22-13-23-25(16)20/h8-9,11,13,15H,1-7,10,12H2. The van der Waals surface area contributed by atoms with Crippen molar-refractivity contribution in [3.8, 4) is 0 Å². The van der Waals surface area contributed by atoms with E-state index in [1.165, 1.54) is 23.3 Å². The van der Waals surface area contributed by atoms with Crippen molar-refractivity contribution >= 4 is 23.0 Å². The molecule has 0 N–H and O–H groups in total. The van der Waals surface area contributed by atoms with Crippen LogP contribution < -0.4 is 0 Å². The Morgan fingerprint density at radius 2 is 2.07 bits per heavy atom. The molecule has 27 heavy (non-hydrogen) atoms. The molecule has 0 aromatic carbocycles. The van der Waals surface area contributed by atoms with E-state index in [1.807, 2.05) is 10.6 Å². The van der Waals surface area contributed by atoms with Crippen molar-refractivity contribution in [3.63, 3.8) is 0 Å². The summed E-state index contributed by atoms with van der Waals surface area (Å²) in [5.74, 6) is 1.09. The fourth-order valence-electron chi connectivity index (χ4n) is 4.39. The maximum Gasteiger partial charge on any atom is 0.263 e. The van der Waals surface area contributed by atoms with E-state index in [9.17, 15) is 4.79 Å². The Bertz CT molecular complexity index is 954. The molecule has 4 heterocycles. The molecular weight excluding hydrogens is 358 g/mol. The maximum absolute atomic E-state index is 13.3. The van der Waals surface area contributed by atoms with E-state index in [0.29, 0.717) is 5.78 Å². The van der Waals surface area contributed by atoms with Gasteiger partial charge < -0.3 is 4.90 Å². The Balaban J connectivity index is 1.42. The van der Waals surface area contributed by atoms with Gasteiger partial charge in [-0.05, 0) is 56.2 Å². The molecular formula is C20H23N5OS. The minimum atomic E-state index is 0.199. The molecule has 0 spiro atoms. The Morgan fingerprint density at radius 1 is 1.15 bits per heavy atom. The predicted molar refractivity (Wildman–Crippen MR) is 104 cm³/mol. The summed E-state index contributed by atoms with van der Waals surface area (Å²) in [7, 11) is 0. The van der Waals surface area contributed by atoms with E-state index < -0.39 is 0 Å². The van der Waals surface area contributed by atoms with E-state index >= 15 is 0 Å². The molecule has 1 saturated heterocycles. The third-order valence-electron chi connectivity index (χ3n) is 5.79. The van der Waals surface area contributed by atoms with Crippen molar-refractivity contribution in [1.29, 1.82) is 0 Å². The molecule has 0 radical (unpaired) electrons. The zero-order valence-corrected chi connectivity index (χ0v) is 16.1. The summed E-state index contributed by atoms with van der Waals surface area (Å²) in [5.41, 5.74) is 2.50. The second-order valence-corrected chi connectivity index (χ2v) is 8.69. The Labute approximate surface area is 162 Å². The number of thiophene rings is 1. The van der Waals surface area contributed by atoms with Gasteiger partial charge in [0.1, 0.15) is 6.33 Å². The average molecular weight is 382 g/mol. The van der Waals surface area contributed by atoms with E-state index in [-0.39, 0.29) is 11.8 Å². The van der Waals surface area contributed by atoms with Crippen molar-refractivity contribution in [2.24, 2.45) is 0 Å². The molecule has 5 rings (SSSR count). The first-order chi connectivity index (χ1) is 13.3. The van der Waals surface area contributed by atoms with Gasteiger partial charge in [0.2, 0.25) is 0 Å². The highest BCUT2D eigenvalue weighted by Gasteiger charge is 2.27. The number of aromatic nitrogens is 4. The summed E-state index contributed by atoms with van der Waals surface area (Å²) in [4.78, 5) is 26.1. The molecule has 0 saturated carbocycles. The number of hydrogen-bond donors (Lipinski definition) is 0. The minimum absolute atomic E-state index is 0.199. The topological polar surface area (TPSA) is 63.4 Å². The van der Waals surface area contributed by atoms with Crippen LogP contribution in [0.1, 0.15) is 63.8 Å². The molecule has 7 heteroatoms. The average Bonchev–Trinajstić information content (AvgIpc) is 3.28. The summed E-state index contributed by atoms with van der Waals surface area (Å²) in [6, 6.07) is 4.17. The molecule has 140 valence electrons. The van der Waals surface area contributed by atoms with E-state index in [4.69, 9.17) is 0 Å². The first-order valence-electron chi connectivity index (χ1n) is 9.85. The van der Waals surface area contributed by atoms with Crippen LogP contribution in [-0.4, -0.2) is 43.5 Å². The number of carbonyl (C=O) groups excluding carboxylic acids is 1. The summed E-state index contributed by atoms with van der Waals surface area (Å²) < 4.78 is 1.82. The Kier molecular flexibility index (Phi) is 4.39. The Hall–Kier alpha value is -2.28. The van der Waals surface area contributed by atoms with Crippen LogP contribution in [0, 0.1) is 0 Å². The molecule has 1 unspecified atom stereocenters. The van der Waals surface area contributed by atoms with Crippen LogP contribution in [0.3, 0.4) is 0 Å². The van der Waals surface area contributed by atoms with Crippen molar-refractivity contribution in [1.82, 2.24) is 24.5 Å². The minimum Gasteiger partial charge on any atom is -0.337 e. The fraction of sp³-hybridized carbons (Fsp3) is 0.500. The number of aryl methyl sites for hydroxylation is 2. The first-order valence-corrected chi connectivity index (χ1v) is 10.7. The van der Waals surface area contributed by atoms with Gasteiger partial charge in [-0.2, -0.15) is 10.1 Å². The highest BCUT2D eigenvalue weighted by atomic mass is 32.1. The summed E-state index contributed by atoms with van der Waals surface area (Å²) in [5, 5.41) is 4.34. The second kappa shape index (κ2) is 7.03. The van der Waals surface area contributed by atoms with Crippen LogP contribution in [-0.2, 0) is 12.8 Å². The van der Waals surface area contributed by atoms with Crippen molar-refractivity contribution < 1.29 is 4.79 Å². The van der Waals surface area contributed by atoms with Crippen LogP contribution >= 0.6 is 11.3 Å². The van der Waals surface area contributed by atoms with Gasteiger partial charge in [0.05, 0.1) is 10.6 Å². The molecule has 1 aliphatic carbocycles. The number of amides is 1. The maximum atomic E-state index is 13.3. The number of fused-ring (bicyclic) bond motifs is 2. The lowest BCUT2D eigenvalue weighted by atomic mass is 9.99. The summed E-state index contributed by atoms with van der Waals surface area (Å²) in [6.07, 6.45) is 11.3. The molecule has 1 atom stereocenters. The molecule has 1 amide bonds. The lowest BCUT2D eigenvalue weighted by Crippen LogP contribution is -2.34. The van der Waals surface area contributed by atoms with Gasteiger partial charge in [0.15, 0.2) is 0 Å². The van der Waals surface area contributed by atoms with Crippen molar-refractivity contribution in [2.45, 2.75) is 50.9 Å². The molecule has 2 aliphatic rings. The van der Waals surface area contributed by atoms with Crippen molar-refractivity contribution in [2.75, 3.05) is 13.1 Å². The quantitative estimate of drug-likeness (QED) is 0.682. The van der Waals surface area contributed by atoms with Gasteiger partial charge in [0.25, 0.3) is 11.7 Å². The molecule has 3 aromatic heterocycles. The van der Waals surface area contributed by atoms with Crippen LogP contribution in [0.2, 0.25) is 0 Å². The monoisotopic (exact) mass is 381 g/mol. The largest absolute Gasteiger partial charge is 0.337 e. The fourth-order valence-corrected chi connectivity index (χ4v) is 5.61.